The summed E-state index contributed by atoms with van der Waals surface area (Å²) in [6.45, 7) is 3.64. The monoisotopic (exact) mass is 180 g/mol. The Hall–Kier alpha value is -1.06. The van der Waals surface area contributed by atoms with Gasteiger partial charge in [-0.2, -0.15) is 0 Å². The number of nitrogen functional groups attached to an aromatic ring is 1. The SMILES string of the molecule is Cc1cc(N)cc(C(C)(N)CO)c1. The van der Waals surface area contributed by atoms with Crippen LogP contribution in [0.4, 0.5) is 5.69 Å². The number of benzene rings is 1. The quantitative estimate of drug-likeness (QED) is 0.588. The molecule has 1 aromatic carbocycles. The van der Waals surface area contributed by atoms with E-state index in [2.05, 4.69) is 0 Å². The molecule has 0 aliphatic rings. The number of hydrogen-bond donors (Lipinski definition) is 3. The fraction of sp³-hybridized carbons (Fsp3) is 0.400. The number of anilines is 1. The second-order valence-electron chi connectivity index (χ2n) is 3.71. The number of aliphatic hydroxyl groups is 1. The molecule has 0 aliphatic heterocycles. The Morgan fingerprint density at radius 2 is 2.00 bits per heavy atom. The maximum atomic E-state index is 9.06. The first-order valence-electron chi connectivity index (χ1n) is 4.23. The topological polar surface area (TPSA) is 72.3 Å². The van der Waals surface area contributed by atoms with Crippen molar-refractivity contribution in [2.45, 2.75) is 19.4 Å². The van der Waals surface area contributed by atoms with Crippen LogP contribution in [-0.2, 0) is 5.54 Å². The molecule has 13 heavy (non-hydrogen) atoms. The largest absolute Gasteiger partial charge is 0.399 e. The van der Waals surface area contributed by atoms with Crippen LogP contribution in [0.15, 0.2) is 18.2 Å². The van der Waals surface area contributed by atoms with Gasteiger partial charge in [-0.3, -0.25) is 0 Å². The zero-order chi connectivity index (χ0) is 10.1. The lowest BCUT2D eigenvalue weighted by atomic mass is 9.92. The Kier molecular flexibility index (Phi) is 2.59. The summed E-state index contributed by atoms with van der Waals surface area (Å²) in [6, 6.07) is 5.60. The van der Waals surface area contributed by atoms with E-state index in [1.165, 1.54) is 0 Å². The molecule has 1 aromatic rings. The van der Waals surface area contributed by atoms with E-state index in [9.17, 15) is 0 Å². The minimum absolute atomic E-state index is 0.0874. The predicted molar refractivity (Wildman–Crippen MR) is 54.2 cm³/mol. The molecule has 3 heteroatoms. The zero-order valence-corrected chi connectivity index (χ0v) is 8.04. The normalized spacial score (nSPS) is 15.4. The molecule has 0 radical (unpaired) electrons. The predicted octanol–water partition coefficient (Wildman–Crippen LogP) is 0.743. The summed E-state index contributed by atoms with van der Waals surface area (Å²) in [4.78, 5) is 0. The number of nitrogens with two attached hydrogens (primary N) is 2. The van der Waals surface area contributed by atoms with Crippen LogP contribution in [0.3, 0.4) is 0 Å². The van der Waals surface area contributed by atoms with Gasteiger partial charge in [-0.25, -0.2) is 0 Å². The van der Waals surface area contributed by atoms with Gasteiger partial charge in [-0.05, 0) is 37.1 Å². The van der Waals surface area contributed by atoms with E-state index >= 15 is 0 Å². The highest BCUT2D eigenvalue weighted by Gasteiger charge is 2.20. The van der Waals surface area contributed by atoms with Gasteiger partial charge in [-0.1, -0.05) is 6.07 Å². The van der Waals surface area contributed by atoms with Crippen molar-refractivity contribution in [1.82, 2.24) is 0 Å². The molecule has 5 N–H and O–H groups in total. The molecule has 72 valence electrons. The molecular weight excluding hydrogens is 164 g/mol. The summed E-state index contributed by atoms with van der Waals surface area (Å²) in [5, 5.41) is 9.06. The molecule has 0 saturated heterocycles. The van der Waals surface area contributed by atoms with Crippen molar-refractivity contribution in [2.24, 2.45) is 5.73 Å². The van der Waals surface area contributed by atoms with Crippen LogP contribution in [0, 0.1) is 6.92 Å². The Bertz CT molecular complexity index is 288. The van der Waals surface area contributed by atoms with E-state index in [1.54, 1.807) is 13.0 Å². The van der Waals surface area contributed by atoms with E-state index in [-0.39, 0.29) is 6.61 Å². The van der Waals surface area contributed by atoms with E-state index in [0.717, 1.165) is 11.1 Å². The third-order valence-corrected chi connectivity index (χ3v) is 2.09. The number of aryl methyl sites for hydroxylation is 1. The van der Waals surface area contributed by atoms with Crippen LogP contribution < -0.4 is 11.5 Å². The van der Waals surface area contributed by atoms with E-state index in [1.807, 2.05) is 19.1 Å². The Morgan fingerprint density at radius 3 is 2.46 bits per heavy atom. The van der Waals surface area contributed by atoms with Crippen LogP contribution in [0.25, 0.3) is 0 Å². The van der Waals surface area contributed by atoms with E-state index in [0.29, 0.717) is 5.69 Å². The molecule has 1 atom stereocenters. The lowest BCUT2D eigenvalue weighted by Crippen LogP contribution is -2.37. The average molecular weight is 180 g/mol. The molecule has 0 aliphatic carbocycles. The van der Waals surface area contributed by atoms with Gasteiger partial charge in [0.25, 0.3) is 0 Å². The molecule has 1 rings (SSSR count). The van der Waals surface area contributed by atoms with Gasteiger partial charge in [-0.15, -0.1) is 0 Å². The third-order valence-electron chi connectivity index (χ3n) is 2.09. The molecular formula is C10H16N2O. The average Bonchev–Trinajstić information content (AvgIpc) is 2.02. The maximum absolute atomic E-state index is 9.06. The molecule has 0 amide bonds. The van der Waals surface area contributed by atoms with Gasteiger partial charge in [0.05, 0.1) is 12.1 Å². The minimum atomic E-state index is -0.708. The van der Waals surface area contributed by atoms with Crippen molar-refractivity contribution in [2.75, 3.05) is 12.3 Å². The molecule has 0 saturated carbocycles. The summed E-state index contributed by atoms with van der Waals surface area (Å²) in [6.07, 6.45) is 0. The lowest BCUT2D eigenvalue weighted by Gasteiger charge is -2.23. The minimum Gasteiger partial charge on any atom is -0.399 e. The number of aliphatic hydroxyl groups excluding tert-OH is 1. The van der Waals surface area contributed by atoms with Gasteiger partial charge >= 0.3 is 0 Å². The van der Waals surface area contributed by atoms with E-state index in [4.69, 9.17) is 16.6 Å². The smallest absolute Gasteiger partial charge is 0.0650 e. The van der Waals surface area contributed by atoms with Crippen molar-refractivity contribution < 1.29 is 5.11 Å². The molecule has 1 unspecified atom stereocenters. The number of hydrogen-bond acceptors (Lipinski definition) is 3. The van der Waals surface area contributed by atoms with Crippen LogP contribution in [0.5, 0.6) is 0 Å². The first-order valence-corrected chi connectivity index (χ1v) is 4.23. The molecule has 0 aromatic heterocycles. The zero-order valence-electron chi connectivity index (χ0n) is 8.04. The fourth-order valence-electron chi connectivity index (χ4n) is 1.23. The first kappa shape index (κ1) is 10.0. The first-order chi connectivity index (χ1) is 5.95. The molecule has 3 nitrogen and oxygen atoms in total. The van der Waals surface area contributed by atoms with Gasteiger partial charge < -0.3 is 16.6 Å². The second-order valence-corrected chi connectivity index (χ2v) is 3.71. The summed E-state index contributed by atoms with van der Waals surface area (Å²) in [5.41, 5.74) is 13.4. The lowest BCUT2D eigenvalue weighted by molar-refractivity contribution is 0.210. The molecule has 0 fully saturated rings. The molecule has 0 heterocycles. The molecule has 0 spiro atoms. The van der Waals surface area contributed by atoms with E-state index < -0.39 is 5.54 Å². The number of rotatable bonds is 2. The van der Waals surface area contributed by atoms with Gasteiger partial charge in [0.15, 0.2) is 0 Å². The van der Waals surface area contributed by atoms with Gasteiger partial charge in [0.1, 0.15) is 0 Å². The van der Waals surface area contributed by atoms with Gasteiger partial charge in [0, 0.05) is 5.69 Å². The Balaban J connectivity index is 3.15. The summed E-state index contributed by atoms with van der Waals surface area (Å²) in [5.74, 6) is 0. The third kappa shape index (κ3) is 2.20. The van der Waals surface area contributed by atoms with Crippen LogP contribution in [-0.4, -0.2) is 11.7 Å². The second kappa shape index (κ2) is 3.36. The van der Waals surface area contributed by atoms with Crippen LogP contribution in [0.1, 0.15) is 18.1 Å². The van der Waals surface area contributed by atoms with Crippen molar-refractivity contribution in [3.8, 4) is 0 Å². The van der Waals surface area contributed by atoms with Crippen molar-refractivity contribution in [1.29, 1.82) is 0 Å². The highest BCUT2D eigenvalue weighted by Crippen LogP contribution is 2.21. The highest BCUT2D eigenvalue weighted by atomic mass is 16.3. The summed E-state index contributed by atoms with van der Waals surface area (Å²) in [7, 11) is 0. The van der Waals surface area contributed by atoms with Crippen molar-refractivity contribution in [3.63, 3.8) is 0 Å². The van der Waals surface area contributed by atoms with Crippen LogP contribution >= 0.6 is 0 Å². The maximum Gasteiger partial charge on any atom is 0.0650 e. The Morgan fingerprint density at radius 1 is 1.38 bits per heavy atom. The summed E-state index contributed by atoms with van der Waals surface area (Å²) < 4.78 is 0. The summed E-state index contributed by atoms with van der Waals surface area (Å²) >= 11 is 0. The van der Waals surface area contributed by atoms with Crippen molar-refractivity contribution in [3.05, 3.63) is 29.3 Å². The Labute approximate surface area is 78.4 Å². The fourth-order valence-corrected chi connectivity index (χ4v) is 1.23. The standard InChI is InChI=1S/C10H16N2O/c1-7-3-8(5-9(11)4-7)10(2,12)6-13/h3-5,13H,6,11-12H2,1-2H3. The van der Waals surface area contributed by atoms with Gasteiger partial charge in [0.2, 0.25) is 0 Å². The molecule has 0 bridgehead atoms. The van der Waals surface area contributed by atoms with Crippen LogP contribution in [0.2, 0.25) is 0 Å². The highest BCUT2D eigenvalue weighted by molar-refractivity contribution is 5.46. The van der Waals surface area contributed by atoms with Crippen molar-refractivity contribution >= 4 is 5.69 Å².